The molecule has 0 amide bonds. The summed E-state index contributed by atoms with van der Waals surface area (Å²) in [5, 5.41) is 17.2. The first-order valence-electron chi connectivity index (χ1n) is 6.64. The van der Waals surface area contributed by atoms with Gasteiger partial charge < -0.3 is 10.1 Å². The highest BCUT2D eigenvalue weighted by atomic mass is 19.3. The molecule has 118 valence electrons. The second-order valence-electron chi connectivity index (χ2n) is 4.47. The third kappa shape index (κ3) is 3.23. The fourth-order valence-electron chi connectivity index (χ4n) is 1.98. The molecule has 0 spiro atoms. The van der Waals surface area contributed by atoms with Crippen LogP contribution in [0.4, 0.5) is 14.6 Å². The summed E-state index contributed by atoms with van der Waals surface area (Å²) < 4.78 is 29.8. The topological polar surface area (TPSA) is 88.6 Å². The monoisotopic (exact) mass is 318 g/mol. The molecule has 0 saturated carbocycles. The molecule has 0 saturated heterocycles. The average Bonchev–Trinajstić information content (AvgIpc) is 3.08. The maximum absolute atomic E-state index is 12.7. The minimum Gasteiger partial charge on any atom is -0.416 e. The third-order valence-corrected chi connectivity index (χ3v) is 3.05. The maximum Gasteiger partial charge on any atom is 0.388 e. The normalized spacial score (nSPS) is 10.8. The first kappa shape index (κ1) is 14.8. The second-order valence-corrected chi connectivity index (χ2v) is 4.47. The van der Waals surface area contributed by atoms with Crippen molar-refractivity contribution < 1.29 is 13.5 Å². The van der Waals surface area contributed by atoms with Crippen molar-refractivity contribution >= 4 is 5.82 Å². The Balaban J connectivity index is 2.02. The smallest absolute Gasteiger partial charge is 0.388 e. The number of aromatic nitrogens is 5. The molecule has 0 aliphatic carbocycles. The van der Waals surface area contributed by atoms with Crippen LogP contribution in [0, 0.1) is 0 Å². The highest BCUT2D eigenvalue weighted by Gasteiger charge is 2.16. The summed E-state index contributed by atoms with van der Waals surface area (Å²) in [6, 6.07) is 6.68. The minimum atomic E-state index is -2.99. The van der Waals surface area contributed by atoms with Crippen LogP contribution in [0.25, 0.3) is 22.5 Å². The van der Waals surface area contributed by atoms with E-state index in [9.17, 15) is 8.78 Å². The lowest BCUT2D eigenvalue weighted by Gasteiger charge is -2.10. The Bertz CT molecular complexity index is 776. The molecule has 3 heterocycles. The Kier molecular flexibility index (Phi) is 4.09. The van der Waals surface area contributed by atoms with Gasteiger partial charge in [0.1, 0.15) is 11.5 Å². The molecule has 3 aromatic heterocycles. The molecule has 23 heavy (non-hydrogen) atoms. The minimum absolute atomic E-state index is 0.196. The van der Waals surface area contributed by atoms with Gasteiger partial charge in [0.05, 0.1) is 11.9 Å². The van der Waals surface area contributed by atoms with Crippen molar-refractivity contribution in [1.82, 2.24) is 25.4 Å². The SMILES string of the molecule is CNc1ccc(-c2ccc(-c3cn[nH]c3)c(OC(F)F)n2)nn1. The number of anilines is 1. The van der Waals surface area contributed by atoms with Gasteiger partial charge >= 0.3 is 6.61 Å². The molecule has 9 heteroatoms. The van der Waals surface area contributed by atoms with Gasteiger partial charge in [-0.3, -0.25) is 5.10 Å². The predicted molar refractivity (Wildman–Crippen MR) is 79.0 cm³/mol. The van der Waals surface area contributed by atoms with Crippen LogP contribution in [0.15, 0.2) is 36.7 Å². The van der Waals surface area contributed by atoms with Crippen molar-refractivity contribution in [1.29, 1.82) is 0 Å². The molecule has 3 aromatic rings. The van der Waals surface area contributed by atoms with Crippen LogP contribution in [0.1, 0.15) is 0 Å². The van der Waals surface area contributed by atoms with Crippen molar-refractivity contribution in [2.75, 3.05) is 12.4 Å². The van der Waals surface area contributed by atoms with E-state index in [-0.39, 0.29) is 5.88 Å². The van der Waals surface area contributed by atoms with Crippen LogP contribution in [0.2, 0.25) is 0 Å². The second kappa shape index (κ2) is 6.34. The van der Waals surface area contributed by atoms with E-state index in [0.29, 0.717) is 28.3 Å². The Hall–Kier alpha value is -3.10. The van der Waals surface area contributed by atoms with E-state index in [1.54, 1.807) is 37.5 Å². The number of H-pyrrole nitrogens is 1. The summed E-state index contributed by atoms with van der Waals surface area (Å²) in [4.78, 5) is 4.13. The Morgan fingerprint density at radius 2 is 1.96 bits per heavy atom. The highest BCUT2D eigenvalue weighted by molar-refractivity contribution is 5.70. The first-order chi connectivity index (χ1) is 11.2. The number of rotatable bonds is 5. The summed E-state index contributed by atoms with van der Waals surface area (Å²) in [6.07, 6.45) is 3.06. The van der Waals surface area contributed by atoms with Crippen molar-refractivity contribution in [3.05, 3.63) is 36.7 Å². The lowest BCUT2D eigenvalue weighted by molar-refractivity contribution is -0.0523. The molecule has 0 fully saturated rings. The van der Waals surface area contributed by atoms with E-state index >= 15 is 0 Å². The van der Waals surface area contributed by atoms with Crippen LogP contribution in [0.3, 0.4) is 0 Å². The van der Waals surface area contributed by atoms with Crippen LogP contribution >= 0.6 is 0 Å². The van der Waals surface area contributed by atoms with Gasteiger partial charge in [-0.1, -0.05) is 0 Å². The molecule has 0 aliphatic heterocycles. The number of alkyl halides is 2. The van der Waals surface area contributed by atoms with Crippen molar-refractivity contribution in [2.45, 2.75) is 6.61 Å². The van der Waals surface area contributed by atoms with Gasteiger partial charge in [-0.2, -0.15) is 13.9 Å². The molecule has 0 aromatic carbocycles. The number of ether oxygens (including phenoxy) is 1. The van der Waals surface area contributed by atoms with Gasteiger partial charge in [-0.15, -0.1) is 10.2 Å². The number of pyridine rings is 1. The zero-order valence-corrected chi connectivity index (χ0v) is 12.0. The summed E-state index contributed by atoms with van der Waals surface area (Å²) >= 11 is 0. The van der Waals surface area contributed by atoms with E-state index in [1.807, 2.05) is 0 Å². The molecule has 3 rings (SSSR count). The quantitative estimate of drug-likeness (QED) is 0.751. The lowest BCUT2D eigenvalue weighted by atomic mass is 10.1. The molecular weight excluding hydrogens is 306 g/mol. The molecule has 0 unspecified atom stereocenters. The summed E-state index contributed by atoms with van der Waals surface area (Å²) in [5.74, 6) is 0.395. The lowest BCUT2D eigenvalue weighted by Crippen LogP contribution is -2.06. The largest absolute Gasteiger partial charge is 0.416 e. The molecule has 2 N–H and O–H groups in total. The molecule has 0 aliphatic rings. The van der Waals surface area contributed by atoms with Gasteiger partial charge in [-0.05, 0) is 24.3 Å². The number of hydrogen-bond donors (Lipinski definition) is 2. The van der Waals surface area contributed by atoms with Crippen LogP contribution < -0.4 is 10.1 Å². The van der Waals surface area contributed by atoms with E-state index < -0.39 is 6.61 Å². The molecular formula is C14H12F2N6O. The Morgan fingerprint density at radius 1 is 1.13 bits per heavy atom. The fourth-order valence-corrected chi connectivity index (χ4v) is 1.98. The van der Waals surface area contributed by atoms with E-state index in [2.05, 4.69) is 35.4 Å². The van der Waals surface area contributed by atoms with E-state index in [0.717, 1.165) is 0 Å². The van der Waals surface area contributed by atoms with Crippen LogP contribution in [0.5, 0.6) is 5.88 Å². The molecule has 7 nitrogen and oxygen atoms in total. The summed E-state index contributed by atoms with van der Waals surface area (Å²) in [6.45, 7) is -2.99. The predicted octanol–water partition coefficient (Wildman–Crippen LogP) is 2.57. The Morgan fingerprint density at radius 3 is 2.57 bits per heavy atom. The van der Waals surface area contributed by atoms with Crippen molar-refractivity contribution in [2.24, 2.45) is 0 Å². The number of nitrogens with one attached hydrogen (secondary N) is 2. The standard InChI is InChI=1S/C14H12F2N6O/c1-17-12-5-4-11(21-22-12)10-3-2-9(8-6-18-19-7-8)13(20-10)23-14(15)16/h2-7,14H,1H3,(H,17,22)(H,18,19). The zero-order valence-electron chi connectivity index (χ0n) is 12.0. The number of hydrogen-bond acceptors (Lipinski definition) is 6. The van der Waals surface area contributed by atoms with Gasteiger partial charge in [0.2, 0.25) is 5.88 Å². The van der Waals surface area contributed by atoms with Crippen molar-refractivity contribution in [3.8, 4) is 28.4 Å². The zero-order chi connectivity index (χ0) is 16.2. The van der Waals surface area contributed by atoms with E-state index in [1.165, 1.54) is 6.20 Å². The number of halogens is 2. The number of aromatic amines is 1. The average molecular weight is 318 g/mol. The summed E-state index contributed by atoms with van der Waals surface area (Å²) in [5.41, 5.74) is 1.82. The summed E-state index contributed by atoms with van der Waals surface area (Å²) in [7, 11) is 1.72. The Labute approximate surface area is 129 Å². The molecule has 0 radical (unpaired) electrons. The number of nitrogens with zero attached hydrogens (tertiary/aromatic N) is 4. The van der Waals surface area contributed by atoms with Gasteiger partial charge in [0.15, 0.2) is 0 Å². The van der Waals surface area contributed by atoms with E-state index in [4.69, 9.17) is 0 Å². The highest BCUT2D eigenvalue weighted by Crippen LogP contribution is 2.31. The fraction of sp³-hybridized carbons (Fsp3) is 0.143. The van der Waals surface area contributed by atoms with Crippen LogP contribution in [-0.4, -0.2) is 39.0 Å². The molecule has 0 bridgehead atoms. The van der Waals surface area contributed by atoms with Crippen LogP contribution in [-0.2, 0) is 0 Å². The first-order valence-corrected chi connectivity index (χ1v) is 6.64. The third-order valence-electron chi connectivity index (χ3n) is 3.05. The van der Waals surface area contributed by atoms with Gasteiger partial charge in [0, 0.05) is 24.4 Å². The van der Waals surface area contributed by atoms with Gasteiger partial charge in [0.25, 0.3) is 0 Å². The van der Waals surface area contributed by atoms with Crippen molar-refractivity contribution in [3.63, 3.8) is 0 Å². The maximum atomic E-state index is 12.7. The van der Waals surface area contributed by atoms with Gasteiger partial charge in [-0.25, -0.2) is 4.98 Å². The molecule has 0 atom stereocenters.